The van der Waals surface area contributed by atoms with Crippen LogP contribution in [0.25, 0.3) is 11.1 Å². The summed E-state index contributed by atoms with van der Waals surface area (Å²) in [4.78, 5) is 35.8. The molecule has 0 fully saturated rings. The number of hydrogen-bond acceptors (Lipinski definition) is 4. The Morgan fingerprint density at radius 2 is 1.59 bits per heavy atom. The van der Waals surface area contributed by atoms with E-state index in [-0.39, 0.29) is 18.9 Å². The van der Waals surface area contributed by atoms with E-state index >= 15 is 0 Å². The topological polar surface area (TPSA) is 105 Å². The van der Waals surface area contributed by atoms with Gasteiger partial charge in [-0.1, -0.05) is 67.6 Å². The molecular weight excluding hydrogens is 432 g/mol. The Kier molecular flexibility index (Phi) is 6.92. The number of anilines is 1. The molecule has 4 rings (SSSR count). The van der Waals surface area contributed by atoms with Crippen molar-refractivity contribution in [2.45, 2.75) is 31.7 Å². The standard InChI is InChI=1S/C27H26N2O5/c1-2-24(26(31)32)29-25(30)15-17-8-7-9-18(14-17)28-27(33)34-16-23-21-12-5-3-10-19(21)20-11-4-6-13-22(20)23/h3-14,23-24H,2,15-16H2,1H3,(H,28,33)(H,29,30)(H,31,32)/t24-/m1/s1. The van der Waals surface area contributed by atoms with E-state index in [1.165, 1.54) is 0 Å². The molecule has 3 aromatic rings. The first-order valence-electron chi connectivity index (χ1n) is 11.2. The number of nitrogens with one attached hydrogen (secondary N) is 2. The predicted octanol–water partition coefficient (Wildman–Crippen LogP) is 4.57. The summed E-state index contributed by atoms with van der Waals surface area (Å²) in [5.74, 6) is -1.50. The number of amides is 2. The molecule has 0 bridgehead atoms. The number of aliphatic carboxylic acids is 1. The van der Waals surface area contributed by atoms with Crippen molar-refractivity contribution in [1.82, 2.24) is 5.32 Å². The second-order valence-electron chi connectivity index (χ2n) is 8.19. The SMILES string of the molecule is CC[C@@H](NC(=O)Cc1cccc(NC(=O)OCC2c3ccccc3-c3ccccc32)c1)C(=O)O. The number of benzene rings is 3. The molecule has 0 heterocycles. The molecule has 0 saturated carbocycles. The average Bonchev–Trinajstić information content (AvgIpc) is 3.15. The number of carboxylic acids is 1. The number of fused-ring (bicyclic) bond motifs is 3. The fourth-order valence-electron chi connectivity index (χ4n) is 4.28. The minimum Gasteiger partial charge on any atom is -0.480 e. The lowest BCUT2D eigenvalue weighted by Crippen LogP contribution is -2.40. The molecule has 0 aromatic heterocycles. The number of carbonyl (C=O) groups excluding carboxylic acids is 2. The normalized spacial score (nSPS) is 12.9. The Morgan fingerprint density at radius 1 is 0.941 bits per heavy atom. The summed E-state index contributed by atoms with van der Waals surface area (Å²) in [6, 6.07) is 22.2. The van der Waals surface area contributed by atoms with Crippen LogP contribution in [0.2, 0.25) is 0 Å². The number of carbonyl (C=O) groups is 3. The van der Waals surface area contributed by atoms with Crippen LogP contribution in [0.4, 0.5) is 10.5 Å². The van der Waals surface area contributed by atoms with Gasteiger partial charge in [0.2, 0.25) is 5.91 Å². The van der Waals surface area contributed by atoms with Crippen molar-refractivity contribution >= 4 is 23.7 Å². The van der Waals surface area contributed by atoms with E-state index in [0.717, 1.165) is 22.3 Å². The molecule has 7 heteroatoms. The molecule has 7 nitrogen and oxygen atoms in total. The molecule has 0 spiro atoms. The monoisotopic (exact) mass is 458 g/mol. The lowest BCUT2D eigenvalue weighted by Gasteiger charge is -2.15. The number of hydrogen-bond donors (Lipinski definition) is 3. The molecule has 34 heavy (non-hydrogen) atoms. The largest absolute Gasteiger partial charge is 0.480 e. The van der Waals surface area contributed by atoms with Gasteiger partial charge in [0.1, 0.15) is 12.6 Å². The van der Waals surface area contributed by atoms with Crippen LogP contribution in [0.5, 0.6) is 0 Å². The molecule has 174 valence electrons. The fraction of sp³-hybridized carbons (Fsp3) is 0.222. The maximum atomic E-state index is 12.5. The molecule has 1 aliphatic rings. The van der Waals surface area contributed by atoms with E-state index in [2.05, 4.69) is 34.9 Å². The van der Waals surface area contributed by atoms with E-state index in [1.54, 1.807) is 31.2 Å². The first-order valence-corrected chi connectivity index (χ1v) is 11.2. The van der Waals surface area contributed by atoms with E-state index in [1.807, 2.05) is 24.3 Å². The zero-order valence-corrected chi connectivity index (χ0v) is 18.8. The van der Waals surface area contributed by atoms with Gasteiger partial charge in [0.25, 0.3) is 0 Å². The minimum atomic E-state index is -1.07. The van der Waals surface area contributed by atoms with Crippen molar-refractivity contribution in [3.8, 4) is 11.1 Å². The van der Waals surface area contributed by atoms with Gasteiger partial charge in [0.15, 0.2) is 0 Å². The van der Waals surface area contributed by atoms with Crippen LogP contribution in [0.3, 0.4) is 0 Å². The van der Waals surface area contributed by atoms with Gasteiger partial charge in [0.05, 0.1) is 6.42 Å². The number of carboxylic acid groups (broad SMARTS) is 1. The zero-order valence-electron chi connectivity index (χ0n) is 18.8. The summed E-state index contributed by atoms with van der Waals surface area (Å²) in [6.07, 6.45) is -0.283. The second-order valence-corrected chi connectivity index (χ2v) is 8.19. The summed E-state index contributed by atoms with van der Waals surface area (Å²) in [5.41, 5.74) is 5.73. The Balaban J connectivity index is 1.36. The Morgan fingerprint density at radius 3 is 2.21 bits per heavy atom. The Hall–Kier alpha value is -4.13. The lowest BCUT2D eigenvalue weighted by molar-refractivity contribution is -0.141. The van der Waals surface area contributed by atoms with Crippen molar-refractivity contribution in [2.75, 3.05) is 11.9 Å². The van der Waals surface area contributed by atoms with Gasteiger partial charge in [-0.2, -0.15) is 0 Å². The molecule has 0 saturated heterocycles. The van der Waals surface area contributed by atoms with Gasteiger partial charge >= 0.3 is 12.1 Å². The van der Waals surface area contributed by atoms with Crippen LogP contribution in [-0.4, -0.2) is 35.7 Å². The maximum Gasteiger partial charge on any atom is 0.411 e. The first-order chi connectivity index (χ1) is 16.5. The van der Waals surface area contributed by atoms with E-state index in [4.69, 9.17) is 9.84 Å². The quantitative estimate of drug-likeness (QED) is 0.459. The van der Waals surface area contributed by atoms with Crippen LogP contribution in [0.1, 0.15) is 36.0 Å². The zero-order chi connectivity index (χ0) is 24.1. The van der Waals surface area contributed by atoms with Crippen LogP contribution in [-0.2, 0) is 20.7 Å². The molecule has 1 atom stereocenters. The summed E-state index contributed by atoms with van der Waals surface area (Å²) in [5, 5.41) is 14.3. The lowest BCUT2D eigenvalue weighted by atomic mass is 9.98. The van der Waals surface area contributed by atoms with Crippen LogP contribution < -0.4 is 10.6 Å². The van der Waals surface area contributed by atoms with Crippen LogP contribution in [0, 0.1) is 0 Å². The van der Waals surface area contributed by atoms with Crippen molar-refractivity contribution in [1.29, 1.82) is 0 Å². The molecule has 0 radical (unpaired) electrons. The van der Waals surface area contributed by atoms with E-state index < -0.39 is 24.0 Å². The maximum absolute atomic E-state index is 12.5. The van der Waals surface area contributed by atoms with Gasteiger partial charge < -0.3 is 15.2 Å². The highest BCUT2D eigenvalue weighted by Gasteiger charge is 2.29. The summed E-state index contributed by atoms with van der Waals surface area (Å²) in [7, 11) is 0. The molecule has 0 unspecified atom stereocenters. The molecule has 2 amide bonds. The molecule has 1 aliphatic carbocycles. The summed E-state index contributed by atoms with van der Waals surface area (Å²) in [6.45, 7) is 1.90. The third kappa shape index (κ3) is 5.09. The molecule has 3 aromatic carbocycles. The van der Waals surface area contributed by atoms with Gasteiger partial charge in [-0.15, -0.1) is 0 Å². The molecular formula is C27H26N2O5. The minimum absolute atomic E-state index is 0.00396. The highest BCUT2D eigenvalue weighted by Crippen LogP contribution is 2.44. The first kappa shape index (κ1) is 23.0. The summed E-state index contributed by atoms with van der Waals surface area (Å²) >= 11 is 0. The van der Waals surface area contributed by atoms with Crippen molar-refractivity contribution in [3.05, 3.63) is 89.5 Å². The smallest absolute Gasteiger partial charge is 0.411 e. The van der Waals surface area contributed by atoms with E-state index in [0.29, 0.717) is 17.7 Å². The predicted molar refractivity (Wildman–Crippen MR) is 129 cm³/mol. The van der Waals surface area contributed by atoms with Crippen LogP contribution >= 0.6 is 0 Å². The Labute approximate surface area is 197 Å². The highest BCUT2D eigenvalue weighted by molar-refractivity contribution is 5.87. The van der Waals surface area contributed by atoms with Crippen molar-refractivity contribution in [3.63, 3.8) is 0 Å². The third-order valence-electron chi connectivity index (χ3n) is 5.92. The highest BCUT2D eigenvalue weighted by atomic mass is 16.5. The number of rotatable bonds is 8. The van der Waals surface area contributed by atoms with Crippen molar-refractivity contribution in [2.24, 2.45) is 0 Å². The molecule has 3 N–H and O–H groups in total. The average molecular weight is 459 g/mol. The van der Waals surface area contributed by atoms with Gasteiger partial charge in [-0.3, -0.25) is 10.1 Å². The Bertz CT molecular complexity index is 1180. The third-order valence-corrected chi connectivity index (χ3v) is 5.92. The second kappa shape index (κ2) is 10.2. The fourth-order valence-corrected chi connectivity index (χ4v) is 4.28. The van der Waals surface area contributed by atoms with Gasteiger partial charge in [-0.05, 0) is 46.4 Å². The van der Waals surface area contributed by atoms with Gasteiger partial charge in [-0.25, -0.2) is 9.59 Å². The van der Waals surface area contributed by atoms with E-state index in [9.17, 15) is 14.4 Å². The molecule has 0 aliphatic heterocycles. The van der Waals surface area contributed by atoms with Crippen LogP contribution in [0.15, 0.2) is 72.8 Å². The van der Waals surface area contributed by atoms with Gasteiger partial charge in [0, 0.05) is 11.6 Å². The van der Waals surface area contributed by atoms with Crippen molar-refractivity contribution < 1.29 is 24.2 Å². The summed E-state index contributed by atoms with van der Waals surface area (Å²) < 4.78 is 5.56. The number of ether oxygens (including phenoxy) is 1.